The van der Waals surface area contributed by atoms with E-state index in [0.717, 1.165) is 17.0 Å². The molecule has 0 fully saturated rings. The number of hydrogen-bond donors (Lipinski definition) is 0. The molecule has 1 aromatic rings. The molecule has 0 radical (unpaired) electrons. The van der Waals surface area contributed by atoms with Crippen LogP contribution in [0.5, 0.6) is 0 Å². The molecule has 0 N–H and O–H groups in total. The van der Waals surface area contributed by atoms with Gasteiger partial charge in [-0.3, -0.25) is 4.99 Å². The van der Waals surface area contributed by atoms with E-state index in [1.54, 1.807) is 7.11 Å². The molecule has 0 aliphatic rings. The highest BCUT2D eigenvalue weighted by molar-refractivity contribution is 5.71. The molecule has 2 heteroatoms. The van der Waals surface area contributed by atoms with Crippen LogP contribution >= 0.6 is 0 Å². The van der Waals surface area contributed by atoms with Crippen molar-refractivity contribution >= 4 is 18.2 Å². The van der Waals surface area contributed by atoms with E-state index in [2.05, 4.69) is 11.7 Å². The van der Waals surface area contributed by atoms with Crippen LogP contribution in [0.4, 0.5) is 5.69 Å². The van der Waals surface area contributed by atoms with Gasteiger partial charge in [0, 0.05) is 5.56 Å². The van der Waals surface area contributed by atoms with Crippen molar-refractivity contribution in [2.75, 3.05) is 7.11 Å². The van der Waals surface area contributed by atoms with Gasteiger partial charge in [-0.05, 0) is 31.9 Å². The SMILES string of the molecule is C=Nc1ccccc1/C(=C\C)OC. The molecule has 0 bridgehead atoms. The summed E-state index contributed by atoms with van der Waals surface area (Å²) < 4.78 is 5.20. The maximum Gasteiger partial charge on any atom is 0.123 e. The maximum atomic E-state index is 5.20. The maximum absolute atomic E-state index is 5.20. The molecule has 13 heavy (non-hydrogen) atoms. The predicted octanol–water partition coefficient (Wildman–Crippen LogP) is 3.03. The highest BCUT2D eigenvalue weighted by Gasteiger charge is 2.04. The fourth-order valence-electron chi connectivity index (χ4n) is 1.20. The molecule has 0 aliphatic heterocycles. The van der Waals surface area contributed by atoms with Crippen molar-refractivity contribution in [1.82, 2.24) is 0 Å². The summed E-state index contributed by atoms with van der Waals surface area (Å²) in [6, 6.07) is 7.75. The average molecular weight is 175 g/mol. The number of para-hydroxylation sites is 1. The minimum atomic E-state index is 0.822. The van der Waals surface area contributed by atoms with Gasteiger partial charge in [0.25, 0.3) is 0 Å². The second-order valence-corrected chi connectivity index (χ2v) is 2.53. The van der Waals surface area contributed by atoms with E-state index in [-0.39, 0.29) is 0 Å². The van der Waals surface area contributed by atoms with E-state index in [1.807, 2.05) is 37.3 Å². The van der Waals surface area contributed by atoms with Crippen molar-refractivity contribution in [2.45, 2.75) is 6.92 Å². The molecule has 0 saturated heterocycles. The third-order valence-electron chi connectivity index (χ3n) is 1.82. The van der Waals surface area contributed by atoms with Gasteiger partial charge in [-0.1, -0.05) is 12.1 Å². The number of rotatable bonds is 3. The van der Waals surface area contributed by atoms with Crippen LogP contribution in [0.15, 0.2) is 35.3 Å². The topological polar surface area (TPSA) is 21.6 Å². The second-order valence-electron chi connectivity index (χ2n) is 2.53. The zero-order valence-electron chi connectivity index (χ0n) is 7.95. The van der Waals surface area contributed by atoms with Crippen LogP contribution in [0.1, 0.15) is 12.5 Å². The molecular formula is C11H13NO. The molecule has 68 valence electrons. The highest BCUT2D eigenvalue weighted by Crippen LogP contribution is 2.25. The van der Waals surface area contributed by atoms with Gasteiger partial charge in [-0.2, -0.15) is 0 Å². The van der Waals surface area contributed by atoms with Crippen molar-refractivity contribution < 1.29 is 4.74 Å². The summed E-state index contributed by atoms with van der Waals surface area (Å²) in [7, 11) is 1.65. The predicted molar refractivity (Wildman–Crippen MR) is 56.3 cm³/mol. The van der Waals surface area contributed by atoms with Crippen LogP contribution in [0.2, 0.25) is 0 Å². The Bertz CT molecular complexity index is 329. The molecular weight excluding hydrogens is 162 g/mol. The molecule has 0 amide bonds. The van der Waals surface area contributed by atoms with Crippen molar-refractivity contribution in [3.8, 4) is 0 Å². The molecule has 0 unspecified atom stereocenters. The van der Waals surface area contributed by atoms with Gasteiger partial charge in [0.05, 0.1) is 12.8 Å². The van der Waals surface area contributed by atoms with E-state index in [1.165, 1.54) is 0 Å². The summed E-state index contributed by atoms with van der Waals surface area (Å²) in [5, 5.41) is 0. The summed E-state index contributed by atoms with van der Waals surface area (Å²) in [5.74, 6) is 0.822. The Kier molecular flexibility index (Phi) is 3.26. The number of benzene rings is 1. The normalized spacial score (nSPS) is 11.1. The van der Waals surface area contributed by atoms with Crippen LogP contribution in [-0.4, -0.2) is 13.8 Å². The zero-order chi connectivity index (χ0) is 9.68. The molecule has 0 heterocycles. The monoisotopic (exact) mass is 175 g/mol. The number of nitrogens with zero attached hydrogens (tertiary/aromatic N) is 1. The Balaban J connectivity index is 3.19. The van der Waals surface area contributed by atoms with Gasteiger partial charge in [-0.25, -0.2) is 0 Å². The van der Waals surface area contributed by atoms with Crippen molar-refractivity contribution in [2.24, 2.45) is 4.99 Å². The minimum absolute atomic E-state index is 0.822. The molecule has 0 atom stereocenters. The van der Waals surface area contributed by atoms with E-state index >= 15 is 0 Å². The Morgan fingerprint density at radius 2 is 2.15 bits per heavy atom. The lowest BCUT2D eigenvalue weighted by Gasteiger charge is -2.07. The minimum Gasteiger partial charge on any atom is -0.496 e. The fourth-order valence-corrected chi connectivity index (χ4v) is 1.20. The number of allylic oxidation sites excluding steroid dienone is 1. The largest absolute Gasteiger partial charge is 0.496 e. The molecule has 0 aromatic heterocycles. The van der Waals surface area contributed by atoms with Gasteiger partial charge in [0.2, 0.25) is 0 Å². The first-order valence-electron chi connectivity index (χ1n) is 4.10. The highest BCUT2D eigenvalue weighted by atomic mass is 16.5. The lowest BCUT2D eigenvalue weighted by Crippen LogP contribution is -1.86. The Labute approximate surface area is 78.6 Å². The van der Waals surface area contributed by atoms with Gasteiger partial charge in [0.15, 0.2) is 0 Å². The smallest absolute Gasteiger partial charge is 0.123 e. The third kappa shape index (κ3) is 1.96. The first-order chi connectivity index (χ1) is 6.33. The van der Waals surface area contributed by atoms with Crippen molar-refractivity contribution in [3.05, 3.63) is 35.9 Å². The molecule has 1 aromatic carbocycles. The second kappa shape index (κ2) is 4.45. The zero-order valence-corrected chi connectivity index (χ0v) is 7.95. The summed E-state index contributed by atoms with van der Waals surface area (Å²) in [4.78, 5) is 3.92. The van der Waals surface area contributed by atoms with Crippen molar-refractivity contribution in [1.29, 1.82) is 0 Å². The first kappa shape index (κ1) is 9.52. The standard InChI is InChI=1S/C11H13NO/c1-4-11(13-3)9-7-5-6-8-10(9)12-2/h4-8H,2H2,1,3H3/b11-4+. The van der Waals surface area contributed by atoms with E-state index in [9.17, 15) is 0 Å². The van der Waals surface area contributed by atoms with Crippen LogP contribution in [0, 0.1) is 0 Å². The number of ether oxygens (including phenoxy) is 1. The average Bonchev–Trinajstić information content (AvgIpc) is 2.20. The van der Waals surface area contributed by atoms with E-state index in [0.29, 0.717) is 0 Å². The fraction of sp³-hybridized carbons (Fsp3) is 0.182. The van der Waals surface area contributed by atoms with E-state index in [4.69, 9.17) is 4.74 Å². The molecule has 0 spiro atoms. The third-order valence-corrected chi connectivity index (χ3v) is 1.82. The van der Waals surface area contributed by atoms with Crippen LogP contribution in [0.3, 0.4) is 0 Å². The molecule has 0 saturated carbocycles. The van der Waals surface area contributed by atoms with Crippen LogP contribution in [-0.2, 0) is 4.74 Å². The Morgan fingerprint density at radius 1 is 1.46 bits per heavy atom. The molecule has 2 nitrogen and oxygen atoms in total. The van der Waals surface area contributed by atoms with Crippen LogP contribution < -0.4 is 0 Å². The van der Waals surface area contributed by atoms with E-state index < -0.39 is 0 Å². The summed E-state index contributed by atoms with van der Waals surface area (Å²) in [5.41, 5.74) is 1.82. The number of hydrogen-bond acceptors (Lipinski definition) is 2. The van der Waals surface area contributed by atoms with Gasteiger partial charge < -0.3 is 4.74 Å². The van der Waals surface area contributed by atoms with Gasteiger partial charge in [0.1, 0.15) is 5.76 Å². The van der Waals surface area contributed by atoms with Crippen molar-refractivity contribution in [3.63, 3.8) is 0 Å². The summed E-state index contributed by atoms with van der Waals surface area (Å²) >= 11 is 0. The molecule has 1 rings (SSSR count). The first-order valence-corrected chi connectivity index (χ1v) is 4.10. The van der Waals surface area contributed by atoms with Gasteiger partial charge >= 0.3 is 0 Å². The lowest BCUT2D eigenvalue weighted by molar-refractivity contribution is 0.369. The Morgan fingerprint density at radius 3 is 2.69 bits per heavy atom. The molecule has 0 aliphatic carbocycles. The Hall–Kier alpha value is -1.57. The quantitative estimate of drug-likeness (QED) is 0.511. The lowest BCUT2D eigenvalue weighted by atomic mass is 10.1. The van der Waals surface area contributed by atoms with Gasteiger partial charge in [-0.15, -0.1) is 0 Å². The number of methoxy groups -OCH3 is 1. The van der Waals surface area contributed by atoms with Crippen LogP contribution in [0.25, 0.3) is 5.76 Å². The summed E-state index contributed by atoms with van der Waals surface area (Å²) in [6.07, 6.45) is 1.91. The summed E-state index contributed by atoms with van der Waals surface area (Å²) in [6.45, 7) is 5.44. The number of aliphatic imine (C=N–C) groups is 1.